The van der Waals surface area contributed by atoms with Crippen LogP contribution >= 0.6 is 0 Å². The Bertz CT molecular complexity index is 516. The summed E-state index contributed by atoms with van der Waals surface area (Å²) in [5, 5.41) is 0. The van der Waals surface area contributed by atoms with Gasteiger partial charge < -0.3 is 0 Å². The van der Waals surface area contributed by atoms with Gasteiger partial charge in [-0.3, -0.25) is 0 Å². The molecule has 1 aliphatic carbocycles. The number of rotatable bonds is 2. The number of halogens is 1. The van der Waals surface area contributed by atoms with Gasteiger partial charge in [0.2, 0.25) is 0 Å². The minimum atomic E-state index is -0.107. The van der Waals surface area contributed by atoms with Crippen LogP contribution in [-0.4, -0.2) is 0 Å². The standard InChI is InChI=1S/C16H15F/c17-16-7-6-14-9-13(10-15(14)11-16)8-12-4-2-1-3-5-12/h1-7,11,13H,8-10H2/t13-/m1/s1. The summed E-state index contributed by atoms with van der Waals surface area (Å²) in [5.74, 6) is 0.526. The van der Waals surface area contributed by atoms with E-state index in [1.54, 1.807) is 12.1 Å². The first kappa shape index (κ1) is 10.5. The average molecular weight is 226 g/mol. The molecule has 3 rings (SSSR count). The Hall–Kier alpha value is -1.63. The van der Waals surface area contributed by atoms with E-state index in [0.29, 0.717) is 5.92 Å². The molecular weight excluding hydrogens is 211 g/mol. The SMILES string of the molecule is Fc1ccc2c(c1)C[C@H](Cc1ccccc1)C2. The van der Waals surface area contributed by atoms with Gasteiger partial charge in [0, 0.05) is 0 Å². The van der Waals surface area contributed by atoms with Crippen LogP contribution in [0.1, 0.15) is 16.7 Å². The molecule has 0 spiro atoms. The quantitative estimate of drug-likeness (QED) is 0.731. The highest BCUT2D eigenvalue weighted by Crippen LogP contribution is 2.29. The smallest absolute Gasteiger partial charge is 0.123 e. The fraction of sp³-hybridized carbons (Fsp3) is 0.250. The van der Waals surface area contributed by atoms with E-state index in [2.05, 4.69) is 24.3 Å². The first-order chi connectivity index (χ1) is 8.31. The first-order valence-corrected chi connectivity index (χ1v) is 6.12. The third kappa shape index (κ3) is 2.23. The Labute approximate surface area is 101 Å². The van der Waals surface area contributed by atoms with E-state index in [-0.39, 0.29) is 5.82 Å². The maximum atomic E-state index is 13.1. The molecule has 2 aromatic rings. The van der Waals surface area contributed by atoms with Crippen LogP contribution in [0.25, 0.3) is 0 Å². The van der Waals surface area contributed by atoms with Gasteiger partial charge in [-0.25, -0.2) is 4.39 Å². The van der Waals surface area contributed by atoms with Gasteiger partial charge >= 0.3 is 0 Å². The minimum Gasteiger partial charge on any atom is -0.207 e. The highest BCUT2D eigenvalue weighted by atomic mass is 19.1. The number of benzene rings is 2. The molecule has 17 heavy (non-hydrogen) atoms. The van der Waals surface area contributed by atoms with Crippen LogP contribution < -0.4 is 0 Å². The molecule has 0 aliphatic heterocycles. The second-order valence-corrected chi connectivity index (χ2v) is 4.88. The summed E-state index contributed by atoms with van der Waals surface area (Å²) < 4.78 is 13.1. The summed E-state index contributed by atoms with van der Waals surface area (Å²) in [6.45, 7) is 0. The van der Waals surface area contributed by atoms with Gasteiger partial charge in [-0.1, -0.05) is 36.4 Å². The van der Waals surface area contributed by atoms with Crippen LogP contribution in [0.4, 0.5) is 4.39 Å². The van der Waals surface area contributed by atoms with Crippen molar-refractivity contribution in [3.63, 3.8) is 0 Å². The van der Waals surface area contributed by atoms with Crippen molar-refractivity contribution in [1.29, 1.82) is 0 Å². The lowest BCUT2D eigenvalue weighted by molar-refractivity contribution is 0.558. The lowest BCUT2D eigenvalue weighted by Gasteiger charge is -2.08. The monoisotopic (exact) mass is 226 g/mol. The number of hydrogen-bond donors (Lipinski definition) is 0. The molecular formula is C16H15F. The summed E-state index contributed by atoms with van der Waals surface area (Å²) in [5.41, 5.74) is 3.91. The molecule has 0 N–H and O–H groups in total. The van der Waals surface area contributed by atoms with E-state index in [0.717, 1.165) is 19.3 Å². The Kier molecular flexibility index (Phi) is 2.68. The molecule has 1 heteroatoms. The molecule has 0 saturated heterocycles. The van der Waals surface area contributed by atoms with Crippen molar-refractivity contribution in [2.24, 2.45) is 5.92 Å². The topological polar surface area (TPSA) is 0 Å². The second-order valence-electron chi connectivity index (χ2n) is 4.88. The predicted molar refractivity (Wildman–Crippen MR) is 67.4 cm³/mol. The minimum absolute atomic E-state index is 0.107. The Morgan fingerprint density at radius 2 is 1.71 bits per heavy atom. The summed E-state index contributed by atoms with van der Waals surface area (Å²) in [6, 6.07) is 15.8. The molecule has 0 bridgehead atoms. The zero-order valence-electron chi connectivity index (χ0n) is 9.70. The van der Waals surface area contributed by atoms with Crippen LogP contribution in [0.15, 0.2) is 48.5 Å². The predicted octanol–water partition coefficient (Wildman–Crippen LogP) is 3.78. The van der Waals surface area contributed by atoms with Gasteiger partial charge in [0.1, 0.15) is 5.82 Å². The fourth-order valence-corrected chi connectivity index (χ4v) is 2.77. The fourth-order valence-electron chi connectivity index (χ4n) is 2.77. The van der Waals surface area contributed by atoms with Crippen molar-refractivity contribution in [2.75, 3.05) is 0 Å². The molecule has 86 valence electrons. The molecule has 1 atom stereocenters. The summed E-state index contributed by atoms with van der Waals surface area (Å²) >= 11 is 0. The third-order valence-corrected chi connectivity index (χ3v) is 3.55. The van der Waals surface area contributed by atoms with Crippen molar-refractivity contribution in [1.82, 2.24) is 0 Å². The Morgan fingerprint density at radius 1 is 0.941 bits per heavy atom. The maximum absolute atomic E-state index is 13.1. The molecule has 0 heterocycles. The molecule has 0 saturated carbocycles. The summed E-state index contributed by atoms with van der Waals surface area (Å²) in [7, 11) is 0. The molecule has 0 nitrogen and oxygen atoms in total. The molecule has 0 unspecified atom stereocenters. The highest BCUT2D eigenvalue weighted by molar-refractivity contribution is 5.33. The van der Waals surface area contributed by atoms with E-state index in [1.807, 2.05) is 12.1 Å². The Balaban J connectivity index is 1.74. The zero-order valence-corrected chi connectivity index (χ0v) is 9.70. The average Bonchev–Trinajstić information content (AvgIpc) is 2.71. The summed E-state index contributed by atoms with van der Waals surface area (Å²) in [4.78, 5) is 0. The normalized spacial score (nSPS) is 18.1. The van der Waals surface area contributed by atoms with Crippen molar-refractivity contribution in [3.8, 4) is 0 Å². The lowest BCUT2D eigenvalue weighted by atomic mass is 9.97. The van der Waals surface area contributed by atoms with Gasteiger partial charge in [0.15, 0.2) is 0 Å². The van der Waals surface area contributed by atoms with Gasteiger partial charge in [-0.15, -0.1) is 0 Å². The van der Waals surface area contributed by atoms with Crippen molar-refractivity contribution in [2.45, 2.75) is 19.3 Å². The van der Waals surface area contributed by atoms with Crippen molar-refractivity contribution >= 4 is 0 Å². The van der Waals surface area contributed by atoms with Gasteiger partial charge in [-0.2, -0.15) is 0 Å². The van der Waals surface area contributed by atoms with Gasteiger partial charge in [0.25, 0.3) is 0 Å². The molecule has 1 aliphatic rings. The zero-order chi connectivity index (χ0) is 11.7. The Morgan fingerprint density at radius 3 is 2.53 bits per heavy atom. The lowest BCUT2D eigenvalue weighted by Crippen LogP contribution is -2.03. The first-order valence-electron chi connectivity index (χ1n) is 6.12. The van der Waals surface area contributed by atoms with E-state index >= 15 is 0 Å². The van der Waals surface area contributed by atoms with Crippen LogP contribution in [0.3, 0.4) is 0 Å². The molecule has 0 fully saturated rings. The molecule has 0 radical (unpaired) electrons. The maximum Gasteiger partial charge on any atom is 0.123 e. The number of fused-ring (bicyclic) bond motifs is 1. The van der Waals surface area contributed by atoms with Crippen LogP contribution in [0, 0.1) is 11.7 Å². The van der Waals surface area contributed by atoms with E-state index in [4.69, 9.17) is 0 Å². The molecule has 2 aromatic carbocycles. The van der Waals surface area contributed by atoms with E-state index in [1.165, 1.54) is 16.7 Å². The van der Waals surface area contributed by atoms with Crippen LogP contribution in [0.2, 0.25) is 0 Å². The second kappa shape index (κ2) is 4.33. The molecule has 0 aromatic heterocycles. The van der Waals surface area contributed by atoms with E-state index in [9.17, 15) is 4.39 Å². The largest absolute Gasteiger partial charge is 0.207 e. The highest BCUT2D eigenvalue weighted by Gasteiger charge is 2.21. The van der Waals surface area contributed by atoms with E-state index < -0.39 is 0 Å². The van der Waals surface area contributed by atoms with Gasteiger partial charge in [-0.05, 0) is 54.0 Å². The summed E-state index contributed by atoms with van der Waals surface area (Å²) in [6.07, 6.45) is 3.20. The third-order valence-electron chi connectivity index (χ3n) is 3.55. The van der Waals surface area contributed by atoms with Crippen molar-refractivity contribution in [3.05, 3.63) is 71.0 Å². The number of hydrogen-bond acceptors (Lipinski definition) is 0. The molecule has 0 amide bonds. The van der Waals surface area contributed by atoms with Gasteiger partial charge in [0.05, 0.1) is 0 Å². The van der Waals surface area contributed by atoms with Crippen molar-refractivity contribution < 1.29 is 4.39 Å². The van der Waals surface area contributed by atoms with Crippen LogP contribution in [0.5, 0.6) is 0 Å². The van der Waals surface area contributed by atoms with Crippen LogP contribution in [-0.2, 0) is 19.3 Å².